The van der Waals surface area contributed by atoms with Gasteiger partial charge in [0.2, 0.25) is 5.60 Å². The summed E-state index contributed by atoms with van der Waals surface area (Å²) in [5, 5.41) is 25.4. The van der Waals surface area contributed by atoms with E-state index < -0.39 is 46.7 Å². The molecule has 0 atom stereocenters. The van der Waals surface area contributed by atoms with Crippen LogP contribution in [0.4, 0.5) is 0 Å². The molecule has 122 valence electrons. The Labute approximate surface area is 113 Å². The highest BCUT2D eigenvalue weighted by atomic mass is 32.3. The highest BCUT2D eigenvalue weighted by molar-refractivity contribution is 7.81. The summed E-state index contributed by atoms with van der Waals surface area (Å²) >= 11 is 0. The Morgan fingerprint density at radius 1 is 0.900 bits per heavy atom. The molecule has 0 fully saturated rings. The van der Waals surface area contributed by atoms with E-state index in [1.807, 2.05) is 0 Å². The average Bonchev–Trinajstić information content (AvgIpc) is 1.96. The molecule has 0 amide bonds. The van der Waals surface area contributed by atoms with Crippen LogP contribution in [0.15, 0.2) is 0 Å². The topological polar surface area (TPSA) is 280 Å². The van der Waals surface area contributed by atoms with Gasteiger partial charge in [-0.15, -0.1) is 0 Å². The summed E-state index contributed by atoms with van der Waals surface area (Å²) in [4.78, 5) is 31.5. The zero-order valence-electron chi connectivity index (χ0n) is 10.2. The molecule has 0 radical (unpaired) electrons. The molecule has 0 aromatic carbocycles. The molecule has 0 aliphatic heterocycles. The Balaban J connectivity index is -0.000000427. The van der Waals surface area contributed by atoms with Crippen LogP contribution in [0.2, 0.25) is 0 Å². The van der Waals surface area contributed by atoms with Gasteiger partial charge in [0.1, 0.15) is 0 Å². The maximum atomic E-state index is 10.7. The van der Waals surface area contributed by atoms with Gasteiger partial charge in [0.25, 0.3) is 0 Å². The summed E-state index contributed by atoms with van der Waals surface area (Å²) in [5.74, 6) is -5.76. The Morgan fingerprint density at radius 2 is 1.20 bits per heavy atom. The van der Waals surface area contributed by atoms with Crippen LogP contribution in [0.5, 0.6) is 0 Å². The third-order valence-electron chi connectivity index (χ3n) is 1.53. The lowest BCUT2D eigenvalue weighted by molar-refractivity contribution is -0.167. The molecule has 13 nitrogen and oxygen atoms in total. The predicted octanol–water partition coefficient (Wildman–Crippen LogP) is -0.935. The molecule has 0 aliphatic carbocycles. The minimum Gasteiger partial charge on any atom is -0.481 e. The zero-order valence-corrected chi connectivity index (χ0v) is 11.0. The number of carboxylic acids is 3. The second-order valence-electron chi connectivity index (χ2n) is 2.95. The molecule has 0 saturated heterocycles. The van der Waals surface area contributed by atoms with Crippen LogP contribution in [-0.2, 0) is 29.0 Å². The van der Waals surface area contributed by atoms with Gasteiger partial charge in [0.05, 0.1) is 12.8 Å². The molecule has 20 heavy (non-hydrogen) atoms. The third-order valence-corrected chi connectivity index (χ3v) is 2.06. The first-order valence-corrected chi connectivity index (χ1v) is 5.20. The smallest absolute Gasteiger partial charge is 0.398 e. The summed E-state index contributed by atoms with van der Waals surface area (Å²) in [6.45, 7) is 0. The Hall–Kier alpha value is -1.84. The number of carboxylic acid groups (broad SMARTS) is 3. The van der Waals surface area contributed by atoms with Crippen molar-refractivity contribution < 1.29 is 46.9 Å². The van der Waals surface area contributed by atoms with Gasteiger partial charge in [-0.25, -0.2) is 8.98 Å². The highest BCUT2D eigenvalue weighted by Gasteiger charge is 2.48. The molecular formula is C6H17N3O10S. The van der Waals surface area contributed by atoms with Crippen molar-refractivity contribution >= 4 is 28.3 Å². The van der Waals surface area contributed by atoms with Crippen molar-refractivity contribution in [3.63, 3.8) is 0 Å². The molecule has 0 rings (SSSR count). The summed E-state index contributed by atoms with van der Waals surface area (Å²) in [6, 6.07) is 0. The zero-order chi connectivity index (χ0) is 13.9. The van der Waals surface area contributed by atoms with Crippen LogP contribution >= 0.6 is 0 Å². The fourth-order valence-electron chi connectivity index (χ4n) is 0.998. The maximum absolute atomic E-state index is 10.7. The Kier molecular flexibility index (Phi) is 12.2. The summed E-state index contributed by atoms with van der Waals surface area (Å²) < 4.78 is 32.8. The van der Waals surface area contributed by atoms with Crippen LogP contribution in [0.25, 0.3) is 0 Å². The standard InChI is InChI=1S/C6H8O10S.3H3N/c7-3(8)1-6(5(11)12,2-4(9)10)16-17(13,14)15;;;/h1-2H2,(H,7,8)(H,9,10)(H,11,12)(H,13,14,15);3*1H3. The van der Waals surface area contributed by atoms with Gasteiger partial charge >= 0.3 is 28.3 Å². The maximum Gasteiger partial charge on any atom is 0.398 e. The summed E-state index contributed by atoms with van der Waals surface area (Å²) in [5.41, 5.74) is -3.09. The van der Waals surface area contributed by atoms with Crippen molar-refractivity contribution in [2.45, 2.75) is 18.4 Å². The van der Waals surface area contributed by atoms with Crippen molar-refractivity contribution in [2.75, 3.05) is 0 Å². The van der Waals surface area contributed by atoms with Gasteiger partial charge in [-0.2, -0.15) is 8.42 Å². The van der Waals surface area contributed by atoms with E-state index in [0.717, 1.165) is 0 Å². The quantitative estimate of drug-likeness (QED) is 0.279. The van der Waals surface area contributed by atoms with Gasteiger partial charge in [-0.1, -0.05) is 0 Å². The first-order valence-electron chi connectivity index (χ1n) is 3.83. The van der Waals surface area contributed by atoms with E-state index >= 15 is 0 Å². The molecule has 0 aromatic heterocycles. The Morgan fingerprint density at radius 3 is 1.35 bits per heavy atom. The van der Waals surface area contributed by atoms with Crippen LogP contribution in [-0.4, -0.2) is 51.8 Å². The highest BCUT2D eigenvalue weighted by Crippen LogP contribution is 2.24. The molecule has 0 aliphatic rings. The van der Waals surface area contributed by atoms with Gasteiger partial charge in [-0.05, 0) is 0 Å². The number of rotatable bonds is 7. The van der Waals surface area contributed by atoms with Crippen molar-refractivity contribution in [3.8, 4) is 0 Å². The van der Waals surface area contributed by atoms with Crippen molar-refractivity contribution in [2.24, 2.45) is 0 Å². The minimum absolute atomic E-state index is 0. The molecule has 14 heteroatoms. The minimum atomic E-state index is -5.33. The van der Waals surface area contributed by atoms with E-state index in [1.54, 1.807) is 0 Å². The van der Waals surface area contributed by atoms with E-state index in [-0.39, 0.29) is 18.5 Å². The fraction of sp³-hybridized carbons (Fsp3) is 0.500. The molecule has 13 N–H and O–H groups in total. The molecule has 0 aromatic rings. The van der Waals surface area contributed by atoms with Gasteiger partial charge in [0, 0.05) is 0 Å². The normalized spacial score (nSPS) is 10.2. The molecule has 0 unspecified atom stereocenters. The molecule has 0 spiro atoms. The second kappa shape index (κ2) is 9.13. The molecular weight excluding hydrogens is 306 g/mol. The number of hydrogen-bond acceptors (Lipinski definition) is 9. The first kappa shape index (κ1) is 26.7. The lowest BCUT2D eigenvalue weighted by Crippen LogP contribution is -2.46. The van der Waals surface area contributed by atoms with E-state index in [4.69, 9.17) is 19.9 Å². The van der Waals surface area contributed by atoms with Gasteiger partial charge in [0.15, 0.2) is 0 Å². The monoisotopic (exact) mass is 323 g/mol. The lowest BCUT2D eigenvalue weighted by Gasteiger charge is -2.23. The van der Waals surface area contributed by atoms with E-state index in [2.05, 4.69) is 4.18 Å². The number of hydrogen-bond donors (Lipinski definition) is 7. The average molecular weight is 323 g/mol. The van der Waals surface area contributed by atoms with E-state index in [9.17, 15) is 22.8 Å². The first-order chi connectivity index (χ1) is 7.48. The van der Waals surface area contributed by atoms with E-state index in [1.165, 1.54) is 0 Å². The largest absolute Gasteiger partial charge is 0.481 e. The molecule has 0 bridgehead atoms. The lowest BCUT2D eigenvalue weighted by atomic mass is 9.96. The van der Waals surface area contributed by atoms with E-state index in [0.29, 0.717) is 0 Å². The number of carbonyl (C=O) groups is 3. The molecule has 0 saturated carbocycles. The van der Waals surface area contributed by atoms with Crippen molar-refractivity contribution in [1.82, 2.24) is 18.5 Å². The van der Waals surface area contributed by atoms with Gasteiger partial charge in [-0.3, -0.25) is 14.1 Å². The fourth-order valence-corrected chi connectivity index (χ4v) is 1.59. The van der Waals surface area contributed by atoms with Crippen LogP contribution in [0.3, 0.4) is 0 Å². The SMILES string of the molecule is N.N.N.O=C(O)CC(CC(=O)O)(OS(=O)(=O)O)C(=O)O. The number of aliphatic carboxylic acids is 3. The summed E-state index contributed by atoms with van der Waals surface area (Å²) in [7, 11) is -5.33. The van der Waals surface area contributed by atoms with Crippen LogP contribution in [0, 0.1) is 0 Å². The third kappa shape index (κ3) is 9.14. The van der Waals surface area contributed by atoms with Crippen LogP contribution in [0.1, 0.15) is 12.8 Å². The van der Waals surface area contributed by atoms with Crippen molar-refractivity contribution in [1.29, 1.82) is 0 Å². The Bertz CT molecular complexity index is 430. The van der Waals surface area contributed by atoms with Gasteiger partial charge < -0.3 is 33.8 Å². The second-order valence-corrected chi connectivity index (χ2v) is 3.97. The summed E-state index contributed by atoms with van der Waals surface area (Å²) in [6.07, 6.45) is -2.90. The molecule has 0 heterocycles. The van der Waals surface area contributed by atoms with Crippen LogP contribution < -0.4 is 18.5 Å². The predicted molar refractivity (Wildman–Crippen MR) is 62.6 cm³/mol. The van der Waals surface area contributed by atoms with Crippen molar-refractivity contribution in [3.05, 3.63) is 0 Å².